The summed E-state index contributed by atoms with van der Waals surface area (Å²) in [5, 5.41) is 4.04. The van der Waals surface area contributed by atoms with E-state index in [0.717, 1.165) is 16.3 Å². The maximum Gasteiger partial charge on any atom is 0.124 e. The van der Waals surface area contributed by atoms with Gasteiger partial charge in [0.1, 0.15) is 11.9 Å². The summed E-state index contributed by atoms with van der Waals surface area (Å²) in [6, 6.07) is 6.20. The van der Waals surface area contributed by atoms with E-state index in [2.05, 4.69) is 19.2 Å². The minimum absolute atomic E-state index is 0.243. The summed E-state index contributed by atoms with van der Waals surface area (Å²) in [5.41, 5.74) is 1.15. The maximum atomic E-state index is 6.37. The number of nitrogens with one attached hydrogen (secondary N) is 1. The van der Waals surface area contributed by atoms with E-state index in [-0.39, 0.29) is 6.04 Å². The summed E-state index contributed by atoms with van der Waals surface area (Å²) < 4.78 is 6.37. The molecule has 3 atom stereocenters. The van der Waals surface area contributed by atoms with Crippen molar-refractivity contribution in [1.82, 2.24) is 5.32 Å². The molecule has 0 amide bonds. The van der Waals surface area contributed by atoms with Crippen LogP contribution in [0.3, 0.4) is 0 Å². The Bertz CT molecular complexity index is 435. The highest BCUT2D eigenvalue weighted by atomic mass is 35.5. The Morgan fingerprint density at radius 3 is 2.80 bits per heavy atom. The first kappa shape index (κ1) is 15.7. The molecule has 112 valence electrons. The Labute approximate surface area is 127 Å². The molecule has 0 spiro atoms. The molecule has 0 heterocycles. The lowest BCUT2D eigenvalue weighted by Gasteiger charge is -2.32. The number of hydrogen-bond acceptors (Lipinski definition) is 2. The average Bonchev–Trinajstić information content (AvgIpc) is 2.48. The molecule has 3 unspecified atom stereocenters. The number of benzene rings is 1. The van der Waals surface area contributed by atoms with Crippen LogP contribution in [0.15, 0.2) is 18.2 Å². The van der Waals surface area contributed by atoms with E-state index in [1.165, 1.54) is 32.1 Å². The Morgan fingerprint density at radius 2 is 2.10 bits per heavy atom. The highest BCUT2D eigenvalue weighted by Gasteiger charge is 2.26. The van der Waals surface area contributed by atoms with Gasteiger partial charge in [0.2, 0.25) is 0 Å². The topological polar surface area (TPSA) is 21.3 Å². The second-order valence-corrected chi connectivity index (χ2v) is 6.24. The van der Waals surface area contributed by atoms with Crippen molar-refractivity contribution in [2.75, 3.05) is 7.05 Å². The molecule has 2 rings (SSSR count). The number of halogens is 1. The molecule has 1 aliphatic carbocycles. The predicted molar refractivity (Wildman–Crippen MR) is 85.6 cm³/mol. The molecule has 0 bridgehead atoms. The number of rotatable bonds is 5. The molecule has 1 N–H and O–H groups in total. The average molecular weight is 296 g/mol. The Balaban J connectivity index is 2.19. The minimum atomic E-state index is 0.243. The third-order valence-electron chi connectivity index (χ3n) is 4.51. The number of hydrogen-bond donors (Lipinski definition) is 1. The molecule has 3 heteroatoms. The lowest BCUT2D eigenvalue weighted by Crippen LogP contribution is -2.30. The van der Waals surface area contributed by atoms with E-state index >= 15 is 0 Å². The van der Waals surface area contributed by atoms with Gasteiger partial charge in [-0.3, -0.25) is 0 Å². The third kappa shape index (κ3) is 3.67. The highest BCUT2D eigenvalue weighted by molar-refractivity contribution is 6.30. The largest absolute Gasteiger partial charge is 0.490 e. The van der Waals surface area contributed by atoms with E-state index in [0.29, 0.717) is 12.0 Å². The van der Waals surface area contributed by atoms with Gasteiger partial charge in [-0.05, 0) is 63.8 Å². The SMILES string of the molecule is CCC1CCCCC1Oc1ccc(Cl)cc1C(C)NC. The minimum Gasteiger partial charge on any atom is -0.490 e. The molecule has 0 radical (unpaired) electrons. The highest BCUT2D eigenvalue weighted by Crippen LogP contribution is 2.34. The molecule has 1 aromatic carbocycles. The zero-order valence-electron chi connectivity index (χ0n) is 12.8. The molecule has 2 nitrogen and oxygen atoms in total. The second kappa shape index (κ2) is 7.33. The molecule has 1 saturated carbocycles. The smallest absolute Gasteiger partial charge is 0.124 e. The van der Waals surface area contributed by atoms with Gasteiger partial charge in [0.15, 0.2) is 0 Å². The van der Waals surface area contributed by atoms with Gasteiger partial charge in [-0.15, -0.1) is 0 Å². The van der Waals surface area contributed by atoms with Crippen LogP contribution in [-0.2, 0) is 0 Å². The molecule has 1 aromatic rings. The quantitative estimate of drug-likeness (QED) is 0.828. The van der Waals surface area contributed by atoms with Crippen molar-refractivity contribution in [2.24, 2.45) is 5.92 Å². The molecule has 1 aliphatic rings. The van der Waals surface area contributed by atoms with Crippen LogP contribution in [0, 0.1) is 5.92 Å². The zero-order chi connectivity index (χ0) is 14.5. The first-order valence-electron chi connectivity index (χ1n) is 7.79. The van der Waals surface area contributed by atoms with Crippen molar-refractivity contribution in [3.8, 4) is 5.75 Å². The number of ether oxygens (including phenoxy) is 1. The van der Waals surface area contributed by atoms with E-state index in [4.69, 9.17) is 16.3 Å². The van der Waals surface area contributed by atoms with Gasteiger partial charge in [-0.25, -0.2) is 0 Å². The van der Waals surface area contributed by atoms with Crippen LogP contribution >= 0.6 is 11.6 Å². The first-order chi connectivity index (χ1) is 9.65. The normalized spacial score (nSPS) is 24.4. The van der Waals surface area contributed by atoms with Gasteiger partial charge >= 0.3 is 0 Å². The van der Waals surface area contributed by atoms with Crippen LogP contribution in [0.2, 0.25) is 5.02 Å². The third-order valence-corrected chi connectivity index (χ3v) is 4.75. The second-order valence-electron chi connectivity index (χ2n) is 5.80. The standard InChI is InChI=1S/C17H26ClNO/c1-4-13-7-5-6-8-16(13)20-17-10-9-14(18)11-15(17)12(2)19-3/h9-13,16,19H,4-8H2,1-3H3. The lowest BCUT2D eigenvalue weighted by atomic mass is 9.84. The van der Waals surface area contributed by atoms with Gasteiger partial charge in [0.05, 0.1) is 0 Å². The van der Waals surface area contributed by atoms with Crippen molar-refractivity contribution in [2.45, 2.75) is 58.1 Å². The molecule has 0 aromatic heterocycles. The summed E-state index contributed by atoms with van der Waals surface area (Å²) in [6.07, 6.45) is 6.66. The van der Waals surface area contributed by atoms with Crippen LogP contribution in [0.25, 0.3) is 0 Å². The van der Waals surface area contributed by atoms with Crippen LogP contribution < -0.4 is 10.1 Å². The van der Waals surface area contributed by atoms with Gasteiger partial charge in [-0.2, -0.15) is 0 Å². The first-order valence-corrected chi connectivity index (χ1v) is 8.16. The summed E-state index contributed by atoms with van der Waals surface area (Å²) in [6.45, 7) is 4.40. The fourth-order valence-corrected chi connectivity index (χ4v) is 3.26. The van der Waals surface area contributed by atoms with Gasteiger partial charge in [0.25, 0.3) is 0 Å². The fourth-order valence-electron chi connectivity index (χ4n) is 3.08. The van der Waals surface area contributed by atoms with E-state index in [1.807, 2.05) is 25.2 Å². The van der Waals surface area contributed by atoms with Crippen LogP contribution in [0.4, 0.5) is 0 Å². The molecular formula is C17H26ClNO. The van der Waals surface area contributed by atoms with Crippen molar-refractivity contribution in [3.63, 3.8) is 0 Å². The maximum absolute atomic E-state index is 6.37. The van der Waals surface area contributed by atoms with Crippen LogP contribution in [-0.4, -0.2) is 13.2 Å². The van der Waals surface area contributed by atoms with E-state index in [9.17, 15) is 0 Å². The summed E-state index contributed by atoms with van der Waals surface area (Å²) in [7, 11) is 1.96. The van der Waals surface area contributed by atoms with E-state index < -0.39 is 0 Å². The van der Waals surface area contributed by atoms with Crippen LogP contribution in [0.1, 0.15) is 57.6 Å². The van der Waals surface area contributed by atoms with E-state index in [1.54, 1.807) is 0 Å². The molecular weight excluding hydrogens is 270 g/mol. The van der Waals surface area contributed by atoms with Crippen molar-refractivity contribution < 1.29 is 4.74 Å². The van der Waals surface area contributed by atoms with Gasteiger partial charge < -0.3 is 10.1 Å². The van der Waals surface area contributed by atoms with Crippen molar-refractivity contribution in [3.05, 3.63) is 28.8 Å². The summed E-state index contributed by atoms with van der Waals surface area (Å²) >= 11 is 6.13. The monoisotopic (exact) mass is 295 g/mol. The van der Waals surface area contributed by atoms with Gasteiger partial charge in [0, 0.05) is 16.6 Å². The van der Waals surface area contributed by atoms with Gasteiger partial charge in [-0.1, -0.05) is 24.9 Å². The molecule has 0 aliphatic heterocycles. The fraction of sp³-hybridized carbons (Fsp3) is 0.647. The van der Waals surface area contributed by atoms with Crippen molar-refractivity contribution in [1.29, 1.82) is 0 Å². The van der Waals surface area contributed by atoms with Crippen molar-refractivity contribution >= 4 is 11.6 Å². The zero-order valence-corrected chi connectivity index (χ0v) is 13.5. The predicted octanol–water partition coefficient (Wildman–Crippen LogP) is 4.97. The molecule has 20 heavy (non-hydrogen) atoms. The molecule has 1 fully saturated rings. The molecule has 0 saturated heterocycles. The van der Waals surface area contributed by atoms with Crippen LogP contribution in [0.5, 0.6) is 5.75 Å². The summed E-state index contributed by atoms with van der Waals surface area (Å²) in [5.74, 6) is 1.68. The summed E-state index contributed by atoms with van der Waals surface area (Å²) in [4.78, 5) is 0. The lowest BCUT2D eigenvalue weighted by molar-refractivity contribution is 0.0889. The Kier molecular flexibility index (Phi) is 5.74. The Hall–Kier alpha value is -0.730. The Morgan fingerprint density at radius 1 is 1.35 bits per heavy atom.